The maximum atomic E-state index is 11.0. The van der Waals surface area contributed by atoms with Crippen LogP contribution in [-0.2, 0) is 5.60 Å². The van der Waals surface area contributed by atoms with Crippen molar-refractivity contribution in [2.24, 2.45) is 0 Å². The molecule has 0 spiro atoms. The van der Waals surface area contributed by atoms with Gasteiger partial charge in [0.05, 0.1) is 11.9 Å². The van der Waals surface area contributed by atoms with Gasteiger partial charge in [-0.2, -0.15) is 11.8 Å². The molecule has 2 aliphatic rings. The number of furan rings is 1. The van der Waals surface area contributed by atoms with Crippen molar-refractivity contribution in [2.45, 2.75) is 41.8 Å². The van der Waals surface area contributed by atoms with Gasteiger partial charge in [0.2, 0.25) is 0 Å². The Morgan fingerprint density at radius 3 is 2.72 bits per heavy atom. The third-order valence-corrected chi connectivity index (χ3v) is 5.89. The van der Waals surface area contributed by atoms with Crippen LogP contribution in [0.2, 0.25) is 0 Å². The number of rotatable bonds is 1. The molecule has 1 aromatic carbocycles. The van der Waals surface area contributed by atoms with Crippen molar-refractivity contribution in [3.8, 4) is 0 Å². The third kappa shape index (κ3) is 1.61. The summed E-state index contributed by atoms with van der Waals surface area (Å²) in [6.45, 7) is 0. The Hall–Kier alpha value is -0.930. The largest absolute Gasteiger partial charge is 0.464 e. The van der Waals surface area contributed by atoms with E-state index in [0.29, 0.717) is 10.5 Å². The van der Waals surface area contributed by atoms with Crippen molar-refractivity contribution in [1.29, 1.82) is 0 Å². The first-order valence-corrected chi connectivity index (χ1v) is 7.53. The van der Waals surface area contributed by atoms with Crippen molar-refractivity contribution >= 4 is 22.7 Å². The molecule has 0 saturated carbocycles. The standard InChI is InChI=1S/C15H16O2S/c16-15(8-12-2-3-13(9-15)18-12)11-1-4-14-10(7-11)5-6-17-14/h1,4-7,12-13,16H,2-3,8-9H2. The lowest BCUT2D eigenvalue weighted by Gasteiger charge is -2.36. The van der Waals surface area contributed by atoms with E-state index in [1.54, 1.807) is 6.26 Å². The number of fused-ring (bicyclic) bond motifs is 3. The minimum Gasteiger partial charge on any atom is -0.464 e. The molecule has 0 radical (unpaired) electrons. The summed E-state index contributed by atoms with van der Waals surface area (Å²) in [4.78, 5) is 0. The molecule has 2 aliphatic heterocycles. The van der Waals surface area contributed by atoms with E-state index >= 15 is 0 Å². The van der Waals surface area contributed by atoms with Crippen molar-refractivity contribution in [2.75, 3.05) is 0 Å². The lowest BCUT2D eigenvalue weighted by Crippen LogP contribution is -2.34. The van der Waals surface area contributed by atoms with E-state index in [2.05, 4.69) is 17.8 Å². The van der Waals surface area contributed by atoms with Crippen LogP contribution in [0.3, 0.4) is 0 Å². The van der Waals surface area contributed by atoms with E-state index < -0.39 is 5.60 Å². The van der Waals surface area contributed by atoms with Gasteiger partial charge in [-0.1, -0.05) is 6.07 Å². The SMILES string of the molecule is OC1(c2ccc3occc3c2)CC2CCC(C1)S2. The van der Waals surface area contributed by atoms with E-state index in [1.807, 2.05) is 18.2 Å². The van der Waals surface area contributed by atoms with E-state index in [1.165, 1.54) is 12.8 Å². The molecule has 2 aromatic rings. The van der Waals surface area contributed by atoms with Crippen molar-refractivity contribution in [3.05, 3.63) is 36.1 Å². The molecular weight excluding hydrogens is 244 g/mol. The van der Waals surface area contributed by atoms with Crippen LogP contribution < -0.4 is 0 Å². The van der Waals surface area contributed by atoms with Crippen LogP contribution in [0, 0.1) is 0 Å². The van der Waals surface area contributed by atoms with Gasteiger partial charge in [-0.05, 0) is 49.4 Å². The minimum atomic E-state index is -0.622. The summed E-state index contributed by atoms with van der Waals surface area (Å²) in [5.74, 6) is 0. The van der Waals surface area contributed by atoms with Gasteiger partial charge in [0, 0.05) is 15.9 Å². The molecule has 0 aliphatic carbocycles. The topological polar surface area (TPSA) is 33.4 Å². The predicted molar refractivity (Wildman–Crippen MR) is 73.7 cm³/mol. The molecule has 4 rings (SSSR count). The molecule has 2 saturated heterocycles. The molecule has 1 aromatic heterocycles. The summed E-state index contributed by atoms with van der Waals surface area (Å²) in [5, 5.41) is 13.4. The number of aliphatic hydroxyl groups is 1. The number of hydrogen-bond donors (Lipinski definition) is 1. The first-order chi connectivity index (χ1) is 8.73. The van der Waals surface area contributed by atoms with Crippen molar-refractivity contribution in [3.63, 3.8) is 0 Å². The lowest BCUT2D eigenvalue weighted by atomic mass is 9.85. The zero-order chi connectivity index (χ0) is 12.2. The van der Waals surface area contributed by atoms with Gasteiger partial charge in [-0.15, -0.1) is 0 Å². The third-order valence-electron chi connectivity index (χ3n) is 4.32. The summed E-state index contributed by atoms with van der Waals surface area (Å²) >= 11 is 2.08. The highest BCUT2D eigenvalue weighted by Crippen LogP contribution is 2.51. The van der Waals surface area contributed by atoms with Gasteiger partial charge in [-0.3, -0.25) is 0 Å². The van der Waals surface area contributed by atoms with E-state index in [9.17, 15) is 5.11 Å². The predicted octanol–water partition coefficient (Wildman–Crippen LogP) is 3.68. The van der Waals surface area contributed by atoms with E-state index in [0.717, 1.165) is 29.4 Å². The van der Waals surface area contributed by atoms with Gasteiger partial charge < -0.3 is 9.52 Å². The Kier molecular flexibility index (Phi) is 2.30. The summed E-state index contributed by atoms with van der Waals surface area (Å²) in [5.41, 5.74) is 1.34. The van der Waals surface area contributed by atoms with Gasteiger partial charge in [0.15, 0.2) is 0 Å². The highest BCUT2D eigenvalue weighted by atomic mass is 32.2. The summed E-state index contributed by atoms with van der Waals surface area (Å²) < 4.78 is 5.36. The average Bonchev–Trinajstić information content (AvgIpc) is 2.95. The van der Waals surface area contributed by atoms with Crippen LogP contribution in [0.15, 0.2) is 34.9 Å². The molecule has 2 fully saturated rings. The summed E-state index contributed by atoms with van der Waals surface area (Å²) in [6.07, 6.45) is 6.05. The fourth-order valence-corrected chi connectivity index (χ4v) is 5.24. The zero-order valence-corrected chi connectivity index (χ0v) is 11.0. The Balaban J connectivity index is 1.76. The first-order valence-electron chi connectivity index (χ1n) is 6.58. The van der Waals surface area contributed by atoms with Crippen LogP contribution in [0.1, 0.15) is 31.2 Å². The second kappa shape index (κ2) is 3.78. The fraction of sp³-hybridized carbons (Fsp3) is 0.467. The molecule has 2 atom stereocenters. The summed E-state index contributed by atoms with van der Waals surface area (Å²) in [6, 6.07) is 8.07. The second-order valence-corrected chi connectivity index (χ2v) is 7.18. The molecule has 94 valence electrons. The highest BCUT2D eigenvalue weighted by molar-refractivity contribution is 8.00. The van der Waals surface area contributed by atoms with Crippen LogP contribution >= 0.6 is 11.8 Å². The van der Waals surface area contributed by atoms with Crippen LogP contribution in [0.25, 0.3) is 11.0 Å². The molecule has 18 heavy (non-hydrogen) atoms. The normalized spacial score (nSPS) is 35.2. The minimum absolute atomic E-state index is 0.622. The van der Waals surface area contributed by atoms with Crippen molar-refractivity contribution in [1.82, 2.24) is 0 Å². The Morgan fingerprint density at radius 2 is 1.94 bits per heavy atom. The highest BCUT2D eigenvalue weighted by Gasteiger charge is 2.44. The van der Waals surface area contributed by atoms with Crippen LogP contribution in [0.5, 0.6) is 0 Å². The molecular formula is C15H16O2S. The molecule has 2 unspecified atom stereocenters. The molecule has 2 nitrogen and oxygen atoms in total. The van der Waals surface area contributed by atoms with Crippen molar-refractivity contribution < 1.29 is 9.52 Å². The maximum absolute atomic E-state index is 11.0. The Morgan fingerprint density at radius 1 is 1.17 bits per heavy atom. The summed E-state index contributed by atoms with van der Waals surface area (Å²) in [7, 11) is 0. The number of benzene rings is 1. The van der Waals surface area contributed by atoms with E-state index in [4.69, 9.17) is 4.42 Å². The molecule has 2 bridgehead atoms. The average molecular weight is 260 g/mol. The molecule has 3 heteroatoms. The number of hydrogen-bond acceptors (Lipinski definition) is 3. The maximum Gasteiger partial charge on any atom is 0.133 e. The zero-order valence-electron chi connectivity index (χ0n) is 10.1. The molecule has 3 heterocycles. The smallest absolute Gasteiger partial charge is 0.133 e. The van der Waals surface area contributed by atoms with Gasteiger partial charge in [-0.25, -0.2) is 0 Å². The van der Waals surface area contributed by atoms with Crippen LogP contribution in [-0.4, -0.2) is 15.6 Å². The van der Waals surface area contributed by atoms with Gasteiger partial charge in [0.25, 0.3) is 0 Å². The fourth-order valence-electron chi connectivity index (χ4n) is 3.41. The van der Waals surface area contributed by atoms with Gasteiger partial charge in [0.1, 0.15) is 5.58 Å². The Labute approximate surface area is 110 Å². The number of thioether (sulfide) groups is 1. The molecule has 1 N–H and O–H groups in total. The quantitative estimate of drug-likeness (QED) is 0.849. The van der Waals surface area contributed by atoms with Gasteiger partial charge >= 0.3 is 0 Å². The lowest BCUT2D eigenvalue weighted by molar-refractivity contribution is 0.0197. The first kappa shape index (κ1) is 10.9. The van der Waals surface area contributed by atoms with Crippen LogP contribution in [0.4, 0.5) is 0 Å². The Bertz CT molecular complexity index is 577. The monoisotopic (exact) mass is 260 g/mol. The van der Waals surface area contributed by atoms with E-state index in [-0.39, 0.29) is 0 Å². The molecule has 0 amide bonds. The second-order valence-electron chi connectivity index (χ2n) is 5.57.